The van der Waals surface area contributed by atoms with Gasteiger partial charge in [-0.05, 0) is 96.8 Å². The number of carbonyl (C=O) groups is 5. The summed E-state index contributed by atoms with van der Waals surface area (Å²) in [4.78, 5) is 60.0. The van der Waals surface area contributed by atoms with Gasteiger partial charge in [-0.1, -0.05) is 63.1 Å². The highest BCUT2D eigenvalue weighted by atomic mass is 16.6. The molecule has 0 radical (unpaired) electrons. The van der Waals surface area contributed by atoms with E-state index < -0.39 is 23.9 Å². The number of carbonyl (C=O) groups excluding carboxylic acids is 5. The minimum Gasteiger partial charge on any atom is -0.491 e. The van der Waals surface area contributed by atoms with Crippen LogP contribution in [0.2, 0.25) is 0 Å². The Hall–Kier alpha value is -6.57. The Morgan fingerprint density at radius 1 is 0.383 bits per heavy atom. The summed E-state index contributed by atoms with van der Waals surface area (Å²) in [7, 11) is 0. The fourth-order valence-corrected chi connectivity index (χ4v) is 5.38. The molecule has 0 amide bonds. The highest BCUT2D eigenvalue weighted by Gasteiger charge is 2.13. The molecule has 0 saturated carbocycles. The van der Waals surface area contributed by atoms with Gasteiger partial charge in [-0.15, -0.1) is 0 Å². The van der Waals surface area contributed by atoms with Gasteiger partial charge in [-0.2, -0.15) is 0 Å². The Kier molecular flexibility index (Phi) is 20.3. The third kappa shape index (κ3) is 17.1. The molecule has 13 heteroatoms. The van der Waals surface area contributed by atoms with Gasteiger partial charge in [0.2, 0.25) is 0 Å². The van der Waals surface area contributed by atoms with Crippen molar-refractivity contribution in [2.24, 2.45) is 0 Å². The number of benzene rings is 4. The Bertz CT molecular complexity index is 1970. The summed E-state index contributed by atoms with van der Waals surface area (Å²) >= 11 is 0. The van der Waals surface area contributed by atoms with Crippen molar-refractivity contribution < 1.29 is 61.9 Å². The van der Waals surface area contributed by atoms with Crippen molar-refractivity contribution in [2.45, 2.75) is 38.5 Å². The molecule has 60 heavy (non-hydrogen) atoms. The van der Waals surface area contributed by atoms with Crippen LogP contribution in [0.3, 0.4) is 0 Å². The van der Waals surface area contributed by atoms with Crippen LogP contribution in [0.1, 0.15) is 69.6 Å². The van der Waals surface area contributed by atoms with Crippen LogP contribution in [-0.4, -0.2) is 82.7 Å². The molecule has 0 heterocycles. The lowest BCUT2D eigenvalue weighted by atomic mass is 10.0. The zero-order chi connectivity index (χ0) is 42.8. The molecule has 0 atom stereocenters. The monoisotopic (exact) mass is 822 g/mol. The third-order valence-electron chi connectivity index (χ3n) is 8.60. The second-order valence-corrected chi connectivity index (χ2v) is 13.0. The summed E-state index contributed by atoms with van der Waals surface area (Å²) in [6, 6.07) is 26.6. The molecular formula is C47H50O13. The van der Waals surface area contributed by atoms with E-state index in [0.29, 0.717) is 62.3 Å². The molecule has 0 bridgehead atoms. The predicted octanol–water partition coefficient (Wildman–Crippen LogP) is 8.16. The standard InChI is InChI=1S/C47H50O13/c1-3-43(48)56-27-9-7-5-6-8-10-28-58-45(50)37-13-11-35(12-14-37)36-15-23-41(24-16-36)59-47(52)39-19-25-42(26-20-39)60-46(51)38-17-21-40(22-18-38)55-33-31-53-29-30-54-32-34-57-44(49)4-2/h3-4,11-26H,1-2,5-10,27-34H2. The van der Waals surface area contributed by atoms with Crippen molar-refractivity contribution in [2.75, 3.05) is 52.9 Å². The largest absolute Gasteiger partial charge is 0.491 e. The first-order chi connectivity index (χ1) is 29.2. The van der Waals surface area contributed by atoms with E-state index in [1.807, 2.05) is 24.3 Å². The number of ether oxygens (including phenoxy) is 8. The van der Waals surface area contributed by atoms with E-state index in [1.165, 1.54) is 24.3 Å². The quantitative estimate of drug-likeness (QED) is 0.0187. The van der Waals surface area contributed by atoms with Crippen molar-refractivity contribution in [3.05, 3.63) is 139 Å². The molecule has 0 aliphatic heterocycles. The van der Waals surface area contributed by atoms with Crippen LogP contribution in [0.5, 0.6) is 17.2 Å². The molecule has 4 rings (SSSR count). The van der Waals surface area contributed by atoms with Crippen LogP contribution >= 0.6 is 0 Å². The van der Waals surface area contributed by atoms with Crippen LogP contribution in [-0.2, 0) is 33.3 Å². The Balaban J connectivity index is 1.10. The van der Waals surface area contributed by atoms with Gasteiger partial charge < -0.3 is 37.9 Å². The number of rotatable bonds is 27. The van der Waals surface area contributed by atoms with Crippen LogP contribution in [0.15, 0.2) is 122 Å². The normalized spacial score (nSPS) is 10.5. The lowest BCUT2D eigenvalue weighted by Gasteiger charge is -2.09. The number of hydrogen-bond donors (Lipinski definition) is 0. The first kappa shape index (κ1) is 46.1. The molecular weight excluding hydrogens is 773 g/mol. The van der Waals surface area contributed by atoms with Crippen LogP contribution in [0, 0.1) is 0 Å². The molecule has 0 saturated heterocycles. The van der Waals surface area contributed by atoms with E-state index in [9.17, 15) is 24.0 Å². The summed E-state index contributed by atoms with van der Waals surface area (Å²) in [6.07, 6.45) is 7.80. The van der Waals surface area contributed by atoms with Crippen molar-refractivity contribution in [1.29, 1.82) is 0 Å². The molecule has 0 N–H and O–H groups in total. The maximum atomic E-state index is 12.8. The third-order valence-corrected chi connectivity index (χ3v) is 8.60. The molecule has 13 nitrogen and oxygen atoms in total. The summed E-state index contributed by atoms with van der Waals surface area (Å²) in [5.74, 6) is -1.27. The molecule has 316 valence electrons. The molecule has 0 aromatic heterocycles. The minimum atomic E-state index is -0.578. The maximum Gasteiger partial charge on any atom is 0.343 e. The SMILES string of the molecule is C=CC(=O)OCCCCCCCCOC(=O)c1ccc(-c2ccc(OC(=O)c3ccc(OC(=O)c4ccc(OCCOCCOCCOC(=O)C=C)cc4)cc3)cc2)cc1. The lowest BCUT2D eigenvalue weighted by molar-refractivity contribution is -0.139. The molecule has 0 spiro atoms. The van der Waals surface area contributed by atoms with Gasteiger partial charge >= 0.3 is 29.8 Å². The molecule has 4 aromatic carbocycles. The van der Waals surface area contributed by atoms with Crippen LogP contribution < -0.4 is 14.2 Å². The first-order valence-corrected chi connectivity index (χ1v) is 19.6. The van der Waals surface area contributed by atoms with Gasteiger partial charge in [-0.3, -0.25) is 0 Å². The summed E-state index contributed by atoms with van der Waals surface area (Å²) < 4.78 is 42.6. The fourth-order valence-electron chi connectivity index (χ4n) is 5.38. The average molecular weight is 823 g/mol. The summed E-state index contributed by atoms with van der Waals surface area (Å²) in [5.41, 5.74) is 2.79. The first-order valence-electron chi connectivity index (χ1n) is 19.6. The van der Waals surface area contributed by atoms with Gasteiger partial charge in [0.05, 0.1) is 56.3 Å². The Labute approximate surface area is 349 Å². The highest BCUT2D eigenvalue weighted by Crippen LogP contribution is 2.24. The predicted molar refractivity (Wildman–Crippen MR) is 222 cm³/mol. The van der Waals surface area contributed by atoms with E-state index in [1.54, 1.807) is 48.5 Å². The van der Waals surface area contributed by atoms with E-state index in [4.69, 9.17) is 37.9 Å². The average Bonchev–Trinajstić information content (AvgIpc) is 3.28. The van der Waals surface area contributed by atoms with E-state index in [2.05, 4.69) is 13.2 Å². The Morgan fingerprint density at radius 2 is 0.750 bits per heavy atom. The fraction of sp³-hybridized carbons (Fsp3) is 0.298. The van der Waals surface area contributed by atoms with Crippen molar-refractivity contribution in [1.82, 2.24) is 0 Å². The van der Waals surface area contributed by atoms with Crippen LogP contribution in [0.25, 0.3) is 11.1 Å². The lowest BCUT2D eigenvalue weighted by Crippen LogP contribution is -2.13. The van der Waals surface area contributed by atoms with Gasteiger partial charge in [0.15, 0.2) is 0 Å². The zero-order valence-corrected chi connectivity index (χ0v) is 33.5. The Morgan fingerprint density at radius 3 is 1.27 bits per heavy atom. The summed E-state index contributed by atoms with van der Waals surface area (Å²) in [5, 5.41) is 0. The molecule has 0 aliphatic carbocycles. The van der Waals surface area contributed by atoms with Gasteiger partial charge in [0, 0.05) is 12.2 Å². The van der Waals surface area contributed by atoms with Crippen molar-refractivity contribution in [3.63, 3.8) is 0 Å². The molecule has 0 aliphatic rings. The van der Waals surface area contributed by atoms with E-state index >= 15 is 0 Å². The second kappa shape index (κ2) is 26.4. The van der Waals surface area contributed by atoms with E-state index in [-0.39, 0.29) is 30.5 Å². The van der Waals surface area contributed by atoms with Gasteiger partial charge in [-0.25, -0.2) is 24.0 Å². The number of unbranched alkanes of at least 4 members (excludes halogenated alkanes) is 5. The van der Waals surface area contributed by atoms with E-state index in [0.717, 1.165) is 61.8 Å². The second-order valence-electron chi connectivity index (χ2n) is 13.0. The molecule has 0 unspecified atom stereocenters. The topological polar surface area (TPSA) is 159 Å². The number of esters is 5. The van der Waals surface area contributed by atoms with Crippen LogP contribution in [0.4, 0.5) is 0 Å². The maximum absolute atomic E-state index is 12.8. The minimum absolute atomic E-state index is 0.146. The highest BCUT2D eigenvalue weighted by molar-refractivity contribution is 5.93. The molecule has 0 fully saturated rings. The summed E-state index contributed by atoms with van der Waals surface area (Å²) in [6.45, 7) is 9.16. The zero-order valence-electron chi connectivity index (χ0n) is 33.5. The van der Waals surface area contributed by atoms with Gasteiger partial charge in [0.1, 0.15) is 30.5 Å². The van der Waals surface area contributed by atoms with Crippen molar-refractivity contribution >= 4 is 29.8 Å². The van der Waals surface area contributed by atoms with Crippen molar-refractivity contribution in [3.8, 4) is 28.4 Å². The van der Waals surface area contributed by atoms with Gasteiger partial charge in [0.25, 0.3) is 0 Å². The number of hydrogen-bond acceptors (Lipinski definition) is 13. The molecule has 4 aromatic rings. The smallest absolute Gasteiger partial charge is 0.343 e.